The molecule has 0 amide bonds. The van der Waals surface area contributed by atoms with Crippen molar-refractivity contribution in [3.8, 4) is 5.82 Å². The minimum atomic E-state index is 0.806. The van der Waals surface area contributed by atoms with Gasteiger partial charge >= 0.3 is 0 Å². The highest BCUT2D eigenvalue weighted by molar-refractivity contribution is 5.39. The van der Waals surface area contributed by atoms with E-state index < -0.39 is 0 Å². The van der Waals surface area contributed by atoms with Crippen LogP contribution in [0, 0.1) is 0 Å². The van der Waals surface area contributed by atoms with Crippen molar-refractivity contribution in [3.05, 3.63) is 29.8 Å². The predicted molar refractivity (Wildman–Crippen MR) is 67.5 cm³/mol. The highest BCUT2D eigenvalue weighted by atomic mass is 15.4. The summed E-state index contributed by atoms with van der Waals surface area (Å²) < 4.78 is 1.82. The molecule has 2 aromatic heterocycles. The lowest BCUT2D eigenvalue weighted by Gasteiger charge is -2.05. The zero-order valence-electron chi connectivity index (χ0n) is 10.4. The molecule has 0 bridgehead atoms. The molecular weight excluding hydrogens is 214 g/mol. The maximum absolute atomic E-state index is 4.47. The van der Waals surface area contributed by atoms with Crippen molar-refractivity contribution in [1.82, 2.24) is 19.7 Å². The Bertz CT molecular complexity index is 503. The molecule has 2 aromatic rings. The Balaban J connectivity index is 2.47. The zero-order valence-corrected chi connectivity index (χ0v) is 10.4. The number of hydrogen-bond donors (Lipinski definition) is 1. The second kappa shape index (κ2) is 4.95. The number of anilines is 1. The van der Waals surface area contributed by atoms with Gasteiger partial charge in [0.05, 0.1) is 0 Å². The molecule has 0 saturated heterocycles. The van der Waals surface area contributed by atoms with Crippen LogP contribution in [0.25, 0.3) is 5.82 Å². The molecular formula is C12H17N5. The highest BCUT2D eigenvalue weighted by Gasteiger charge is 2.09. The van der Waals surface area contributed by atoms with Gasteiger partial charge < -0.3 is 5.32 Å². The molecule has 17 heavy (non-hydrogen) atoms. The molecule has 5 heteroatoms. The van der Waals surface area contributed by atoms with Crippen molar-refractivity contribution in [2.24, 2.45) is 0 Å². The van der Waals surface area contributed by atoms with E-state index >= 15 is 0 Å². The predicted octanol–water partition coefficient (Wildman–Crippen LogP) is 1.83. The van der Waals surface area contributed by atoms with Crippen molar-refractivity contribution in [1.29, 1.82) is 0 Å². The fourth-order valence-corrected chi connectivity index (χ4v) is 1.63. The Morgan fingerprint density at radius 1 is 1.18 bits per heavy atom. The third-order valence-corrected chi connectivity index (χ3v) is 2.56. The second-order valence-electron chi connectivity index (χ2n) is 3.69. The summed E-state index contributed by atoms with van der Waals surface area (Å²) in [6, 6.07) is 5.82. The van der Waals surface area contributed by atoms with E-state index in [0.29, 0.717) is 0 Å². The standard InChI is InChI=1S/C12H17N5/c1-4-9-14-11(5-2)17(16-9)12-8-6-7-10(13-3)15-12/h6-8H,4-5H2,1-3H3,(H,13,15). The number of aromatic nitrogens is 4. The van der Waals surface area contributed by atoms with Gasteiger partial charge in [-0.1, -0.05) is 19.9 Å². The summed E-state index contributed by atoms with van der Waals surface area (Å²) in [5.41, 5.74) is 0. The molecule has 0 spiro atoms. The third-order valence-electron chi connectivity index (χ3n) is 2.56. The lowest BCUT2D eigenvalue weighted by Crippen LogP contribution is -2.05. The van der Waals surface area contributed by atoms with Gasteiger partial charge in [0.1, 0.15) is 11.6 Å². The molecule has 0 fully saturated rings. The van der Waals surface area contributed by atoms with Gasteiger partial charge in [0.25, 0.3) is 0 Å². The Kier molecular flexibility index (Phi) is 3.37. The topological polar surface area (TPSA) is 55.6 Å². The summed E-state index contributed by atoms with van der Waals surface area (Å²) in [5, 5.41) is 7.48. The van der Waals surface area contributed by atoms with Gasteiger partial charge in [-0.2, -0.15) is 4.68 Å². The van der Waals surface area contributed by atoms with Crippen LogP contribution in [-0.4, -0.2) is 26.8 Å². The van der Waals surface area contributed by atoms with E-state index in [1.165, 1.54) is 0 Å². The van der Waals surface area contributed by atoms with Gasteiger partial charge in [-0.05, 0) is 12.1 Å². The quantitative estimate of drug-likeness (QED) is 0.872. The van der Waals surface area contributed by atoms with E-state index in [-0.39, 0.29) is 0 Å². The Morgan fingerprint density at radius 3 is 2.65 bits per heavy atom. The third kappa shape index (κ3) is 2.27. The molecule has 1 N–H and O–H groups in total. The molecule has 0 saturated carbocycles. The molecule has 0 atom stereocenters. The molecule has 90 valence electrons. The van der Waals surface area contributed by atoms with E-state index in [9.17, 15) is 0 Å². The molecule has 2 heterocycles. The van der Waals surface area contributed by atoms with Crippen LogP contribution in [0.3, 0.4) is 0 Å². The average molecular weight is 231 g/mol. The van der Waals surface area contributed by atoms with Crippen molar-refractivity contribution in [3.63, 3.8) is 0 Å². The van der Waals surface area contributed by atoms with Crippen LogP contribution >= 0.6 is 0 Å². The van der Waals surface area contributed by atoms with Gasteiger partial charge in [0.2, 0.25) is 0 Å². The van der Waals surface area contributed by atoms with E-state index in [0.717, 1.165) is 36.1 Å². The van der Waals surface area contributed by atoms with Crippen molar-refractivity contribution in [2.45, 2.75) is 26.7 Å². The number of pyridine rings is 1. The van der Waals surface area contributed by atoms with Crippen molar-refractivity contribution < 1.29 is 0 Å². The molecule has 0 aliphatic heterocycles. The summed E-state index contributed by atoms with van der Waals surface area (Å²) in [6.07, 6.45) is 1.68. The van der Waals surface area contributed by atoms with Crippen LogP contribution in [0.4, 0.5) is 5.82 Å². The first-order chi connectivity index (χ1) is 8.28. The number of hydrogen-bond acceptors (Lipinski definition) is 4. The zero-order chi connectivity index (χ0) is 12.3. The average Bonchev–Trinajstić information content (AvgIpc) is 2.82. The van der Waals surface area contributed by atoms with Gasteiger partial charge in [0, 0.05) is 19.9 Å². The van der Waals surface area contributed by atoms with Crippen LogP contribution in [0.2, 0.25) is 0 Å². The number of aryl methyl sites for hydroxylation is 2. The molecule has 5 nitrogen and oxygen atoms in total. The van der Waals surface area contributed by atoms with Gasteiger partial charge in [0.15, 0.2) is 11.6 Å². The SMILES string of the molecule is CCc1nc(CC)n(-c2cccc(NC)n2)n1. The first kappa shape index (κ1) is 11.6. The summed E-state index contributed by atoms with van der Waals surface area (Å²) in [4.78, 5) is 8.94. The second-order valence-corrected chi connectivity index (χ2v) is 3.69. The minimum Gasteiger partial charge on any atom is -0.373 e. The molecule has 0 aliphatic carbocycles. The number of nitrogens with one attached hydrogen (secondary N) is 1. The van der Waals surface area contributed by atoms with Gasteiger partial charge in [-0.25, -0.2) is 9.97 Å². The summed E-state index contributed by atoms with van der Waals surface area (Å²) in [7, 11) is 1.85. The number of rotatable bonds is 4. The molecule has 2 rings (SSSR count). The van der Waals surface area contributed by atoms with Crippen molar-refractivity contribution in [2.75, 3.05) is 12.4 Å². The van der Waals surface area contributed by atoms with Crippen LogP contribution in [0.15, 0.2) is 18.2 Å². The highest BCUT2D eigenvalue weighted by Crippen LogP contribution is 2.11. The van der Waals surface area contributed by atoms with E-state index in [4.69, 9.17) is 0 Å². The van der Waals surface area contributed by atoms with Crippen molar-refractivity contribution >= 4 is 5.82 Å². The summed E-state index contributed by atoms with van der Waals surface area (Å²) >= 11 is 0. The normalized spacial score (nSPS) is 10.5. The first-order valence-electron chi connectivity index (χ1n) is 5.88. The monoisotopic (exact) mass is 231 g/mol. The van der Waals surface area contributed by atoms with Crippen LogP contribution in [0.5, 0.6) is 0 Å². The Labute approximate surface area is 101 Å². The molecule has 0 radical (unpaired) electrons. The molecule has 0 aromatic carbocycles. The first-order valence-corrected chi connectivity index (χ1v) is 5.88. The Hall–Kier alpha value is -1.91. The van der Waals surface area contributed by atoms with Crippen LogP contribution in [-0.2, 0) is 12.8 Å². The summed E-state index contributed by atoms with van der Waals surface area (Å²) in [6.45, 7) is 4.12. The Morgan fingerprint density at radius 2 is 2.00 bits per heavy atom. The lowest BCUT2D eigenvalue weighted by atomic mass is 10.4. The van der Waals surface area contributed by atoms with Crippen LogP contribution < -0.4 is 5.32 Å². The smallest absolute Gasteiger partial charge is 0.157 e. The maximum atomic E-state index is 4.47. The van der Waals surface area contributed by atoms with E-state index in [1.807, 2.05) is 29.9 Å². The maximum Gasteiger partial charge on any atom is 0.157 e. The summed E-state index contributed by atoms with van der Waals surface area (Å²) in [5.74, 6) is 3.44. The van der Waals surface area contributed by atoms with Gasteiger partial charge in [-0.3, -0.25) is 0 Å². The molecule has 0 aliphatic rings. The van der Waals surface area contributed by atoms with E-state index in [2.05, 4.69) is 34.2 Å². The number of nitrogens with zero attached hydrogens (tertiary/aromatic N) is 4. The fraction of sp³-hybridized carbons (Fsp3) is 0.417. The van der Waals surface area contributed by atoms with Gasteiger partial charge in [-0.15, -0.1) is 5.10 Å². The fourth-order valence-electron chi connectivity index (χ4n) is 1.63. The largest absolute Gasteiger partial charge is 0.373 e. The van der Waals surface area contributed by atoms with Crippen LogP contribution in [0.1, 0.15) is 25.5 Å². The van der Waals surface area contributed by atoms with E-state index in [1.54, 1.807) is 0 Å². The lowest BCUT2D eigenvalue weighted by molar-refractivity contribution is 0.770. The minimum absolute atomic E-state index is 0.806. The molecule has 0 unspecified atom stereocenters.